The second-order valence-corrected chi connectivity index (χ2v) is 6.89. The van der Waals surface area contributed by atoms with Crippen LogP contribution < -0.4 is 10.6 Å². The van der Waals surface area contributed by atoms with Gasteiger partial charge >= 0.3 is 0 Å². The molecule has 1 aliphatic heterocycles. The van der Waals surface area contributed by atoms with Crippen molar-refractivity contribution >= 4 is 6.20 Å². The summed E-state index contributed by atoms with van der Waals surface area (Å²) >= 11 is 0. The molecule has 0 bridgehead atoms. The molecule has 4 nitrogen and oxygen atoms in total. The van der Waals surface area contributed by atoms with Gasteiger partial charge in [-0.15, -0.1) is 0 Å². The molecule has 0 unspecified atom stereocenters. The monoisotopic (exact) mass is 262 g/mol. The van der Waals surface area contributed by atoms with Crippen LogP contribution in [0, 0.1) is 0 Å². The molecule has 0 atom stereocenters. The Kier molecular flexibility index (Phi) is 3.83. The molecule has 0 aliphatic carbocycles. The van der Waals surface area contributed by atoms with Crippen molar-refractivity contribution in [3.63, 3.8) is 0 Å². The van der Waals surface area contributed by atoms with Crippen molar-refractivity contribution in [2.24, 2.45) is 0 Å². The maximum Gasteiger partial charge on any atom is 0.0538 e. The van der Waals surface area contributed by atoms with E-state index in [1.165, 1.54) is 5.56 Å². The fourth-order valence-corrected chi connectivity index (χ4v) is 3.30. The van der Waals surface area contributed by atoms with E-state index in [1.54, 1.807) is 10.9 Å². The van der Waals surface area contributed by atoms with Gasteiger partial charge in [0.1, 0.15) is 0 Å². The molecule has 0 saturated carbocycles. The highest BCUT2D eigenvalue weighted by atomic mass is 15.2. The lowest BCUT2D eigenvalue weighted by Gasteiger charge is -2.46. The molecule has 106 valence electrons. The third-order valence-corrected chi connectivity index (χ3v) is 3.63. The van der Waals surface area contributed by atoms with Crippen LogP contribution >= 0.6 is 0 Å². The summed E-state index contributed by atoms with van der Waals surface area (Å²) in [4.78, 5) is 0. The Morgan fingerprint density at radius 2 is 2.05 bits per heavy atom. The zero-order valence-electron chi connectivity index (χ0n) is 12.5. The quantitative estimate of drug-likeness (QED) is 0.875. The van der Waals surface area contributed by atoms with E-state index in [4.69, 9.17) is 0 Å². The molecule has 0 aromatic carbocycles. The minimum Gasteiger partial charge on any atom is -0.310 e. The summed E-state index contributed by atoms with van der Waals surface area (Å²) in [6.07, 6.45) is 7.90. The van der Waals surface area contributed by atoms with E-state index in [1.807, 2.05) is 12.4 Å². The molecular weight excluding hydrogens is 236 g/mol. The lowest BCUT2D eigenvalue weighted by Crippen LogP contribution is -2.61. The summed E-state index contributed by atoms with van der Waals surface area (Å²) in [6, 6.07) is 0.540. The second-order valence-electron chi connectivity index (χ2n) is 6.89. The number of rotatable bonds is 4. The van der Waals surface area contributed by atoms with E-state index in [-0.39, 0.29) is 11.1 Å². The molecular formula is C15H26N4. The van der Waals surface area contributed by atoms with Crippen LogP contribution in [0.15, 0.2) is 19.0 Å². The molecule has 2 rings (SSSR count). The number of hydrogen-bond acceptors (Lipinski definition) is 3. The van der Waals surface area contributed by atoms with Gasteiger partial charge < -0.3 is 10.6 Å². The van der Waals surface area contributed by atoms with Crippen molar-refractivity contribution in [1.29, 1.82) is 0 Å². The number of hydrogen-bond donors (Lipinski definition) is 2. The van der Waals surface area contributed by atoms with Gasteiger partial charge in [-0.3, -0.25) is 0 Å². The summed E-state index contributed by atoms with van der Waals surface area (Å²) in [5.41, 5.74) is 1.57. The van der Waals surface area contributed by atoms with Gasteiger partial charge in [0.15, 0.2) is 0 Å². The first-order valence-corrected chi connectivity index (χ1v) is 6.98. The van der Waals surface area contributed by atoms with Crippen LogP contribution in [0.5, 0.6) is 0 Å². The zero-order valence-corrected chi connectivity index (χ0v) is 12.5. The number of nitrogens with one attached hydrogen (secondary N) is 2. The Labute approximate surface area is 116 Å². The second kappa shape index (κ2) is 5.10. The lowest BCUT2D eigenvalue weighted by atomic mass is 9.79. The van der Waals surface area contributed by atoms with Crippen molar-refractivity contribution in [2.75, 3.05) is 0 Å². The van der Waals surface area contributed by atoms with Gasteiger partial charge in [0.25, 0.3) is 0 Å². The highest BCUT2D eigenvalue weighted by molar-refractivity contribution is 5.17. The van der Waals surface area contributed by atoms with E-state index in [2.05, 4.69) is 50.0 Å². The van der Waals surface area contributed by atoms with Gasteiger partial charge in [0.2, 0.25) is 0 Å². The molecule has 0 radical (unpaired) electrons. The normalized spacial score (nSPS) is 22.3. The Balaban J connectivity index is 1.93. The first-order valence-electron chi connectivity index (χ1n) is 6.98. The van der Waals surface area contributed by atoms with E-state index in [0.717, 1.165) is 19.4 Å². The maximum absolute atomic E-state index is 4.20. The topological polar surface area (TPSA) is 41.9 Å². The summed E-state index contributed by atoms with van der Waals surface area (Å²) in [5.74, 6) is 0. The zero-order chi connectivity index (χ0) is 14.1. The summed E-state index contributed by atoms with van der Waals surface area (Å²) < 4.78 is 1.74. The highest BCUT2D eigenvalue weighted by Crippen LogP contribution is 2.28. The third-order valence-electron chi connectivity index (χ3n) is 3.63. The number of piperidine rings is 1. The Morgan fingerprint density at radius 3 is 2.58 bits per heavy atom. The minimum absolute atomic E-state index is 0.185. The van der Waals surface area contributed by atoms with Crippen molar-refractivity contribution in [1.82, 2.24) is 20.4 Å². The molecule has 4 heteroatoms. The highest BCUT2D eigenvalue weighted by Gasteiger charge is 2.37. The fraction of sp³-hybridized carbons (Fsp3) is 0.667. The van der Waals surface area contributed by atoms with E-state index in [0.29, 0.717) is 6.04 Å². The molecule has 2 N–H and O–H groups in total. The average Bonchev–Trinajstić information content (AvgIpc) is 2.70. The number of nitrogens with zero attached hydrogens (tertiary/aromatic N) is 2. The van der Waals surface area contributed by atoms with Crippen LogP contribution in [0.2, 0.25) is 0 Å². The third kappa shape index (κ3) is 3.91. The Hall–Kier alpha value is -1.13. The SMILES string of the molecule is C=Cn1cc(CNC2CC(C)(C)NC(C)(C)C2)cn1. The molecule has 1 fully saturated rings. The van der Waals surface area contributed by atoms with Gasteiger partial charge in [0, 0.05) is 41.6 Å². The number of aromatic nitrogens is 2. The van der Waals surface area contributed by atoms with Crippen LogP contribution in [0.1, 0.15) is 46.1 Å². The smallest absolute Gasteiger partial charge is 0.0538 e. The molecule has 1 saturated heterocycles. The molecule has 0 spiro atoms. The van der Waals surface area contributed by atoms with Gasteiger partial charge in [-0.05, 0) is 40.5 Å². The lowest BCUT2D eigenvalue weighted by molar-refractivity contribution is 0.145. The van der Waals surface area contributed by atoms with Crippen LogP contribution in [-0.4, -0.2) is 26.9 Å². The Morgan fingerprint density at radius 1 is 1.42 bits per heavy atom. The van der Waals surface area contributed by atoms with Crippen LogP contribution in [0.4, 0.5) is 0 Å². The van der Waals surface area contributed by atoms with Crippen LogP contribution in [0.3, 0.4) is 0 Å². The van der Waals surface area contributed by atoms with E-state index >= 15 is 0 Å². The van der Waals surface area contributed by atoms with E-state index < -0.39 is 0 Å². The maximum atomic E-state index is 4.20. The molecule has 1 aromatic rings. The molecule has 1 aliphatic rings. The van der Waals surface area contributed by atoms with Gasteiger partial charge in [0.05, 0.1) is 6.20 Å². The van der Waals surface area contributed by atoms with Crippen molar-refractivity contribution in [3.05, 3.63) is 24.5 Å². The van der Waals surface area contributed by atoms with Gasteiger partial charge in [-0.1, -0.05) is 6.58 Å². The van der Waals surface area contributed by atoms with Gasteiger partial charge in [-0.2, -0.15) is 5.10 Å². The standard InChI is InChI=1S/C15H26N4/c1-6-19-11-12(10-17-19)9-16-13-7-14(2,3)18-15(4,5)8-13/h6,10-11,13,16,18H,1,7-9H2,2-5H3. The predicted molar refractivity (Wildman–Crippen MR) is 79.8 cm³/mol. The molecule has 2 heterocycles. The predicted octanol–water partition coefficient (Wildman–Crippen LogP) is 2.38. The minimum atomic E-state index is 0.185. The summed E-state index contributed by atoms with van der Waals surface area (Å²) in [7, 11) is 0. The molecule has 19 heavy (non-hydrogen) atoms. The van der Waals surface area contributed by atoms with Crippen molar-refractivity contribution < 1.29 is 0 Å². The van der Waals surface area contributed by atoms with Crippen molar-refractivity contribution in [2.45, 2.75) is 64.2 Å². The first-order chi connectivity index (χ1) is 8.80. The Bertz CT molecular complexity index is 429. The summed E-state index contributed by atoms with van der Waals surface area (Å²) in [6.45, 7) is 13.7. The van der Waals surface area contributed by atoms with Gasteiger partial charge in [-0.25, -0.2) is 4.68 Å². The molecule has 0 amide bonds. The van der Waals surface area contributed by atoms with Crippen LogP contribution in [-0.2, 0) is 6.54 Å². The van der Waals surface area contributed by atoms with Crippen molar-refractivity contribution in [3.8, 4) is 0 Å². The van der Waals surface area contributed by atoms with E-state index in [9.17, 15) is 0 Å². The fourth-order valence-electron chi connectivity index (χ4n) is 3.30. The molecule has 1 aromatic heterocycles. The summed E-state index contributed by atoms with van der Waals surface area (Å²) in [5, 5.41) is 11.6. The average molecular weight is 262 g/mol. The first kappa shape index (κ1) is 14.3. The largest absolute Gasteiger partial charge is 0.310 e. The van der Waals surface area contributed by atoms with Crippen LogP contribution in [0.25, 0.3) is 6.20 Å².